The highest BCUT2D eigenvalue weighted by atomic mass is 79.9. The highest BCUT2D eigenvalue weighted by Gasteiger charge is 2.34. The number of hydrogen-bond donors (Lipinski definition) is 1. The molecule has 0 spiro atoms. The molecule has 0 aromatic carbocycles. The fourth-order valence-corrected chi connectivity index (χ4v) is 5.13. The minimum absolute atomic E-state index is 0. The third-order valence-corrected chi connectivity index (χ3v) is 7.38. The molecule has 0 aromatic rings. The molecule has 0 aliphatic carbocycles. The van der Waals surface area contributed by atoms with Gasteiger partial charge in [-0.1, -0.05) is 134 Å². The van der Waals surface area contributed by atoms with Crippen molar-refractivity contribution in [1.82, 2.24) is 6.15 Å². The topological polar surface area (TPSA) is 35.0 Å². The van der Waals surface area contributed by atoms with Gasteiger partial charge in [0.25, 0.3) is 0 Å². The average Bonchev–Trinajstić information content (AvgIpc) is 2.62. The number of rotatable bonds is 19. The molecule has 0 aliphatic rings. The fourth-order valence-electron chi connectivity index (χ4n) is 4.11. The molecule has 0 aliphatic heterocycles. The molecule has 26 heavy (non-hydrogen) atoms. The van der Waals surface area contributed by atoms with E-state index in [0.717, 1.165) is 5.92 Å². The standard InChI is InChI=1S/C24H49Br.H3N/c1-5-9-13-14-15-16-17-18-20-23(19-10-6-2)24(25,21-11-7-3)22-12-8-4;/h23H,5-22H2,1-4H3;1H3. The monoisotopic (exact) mass is 433 g/mol. The van der Waals surface area contributed by atoms with Gasteiger partial charge in [-0.05, 0) is 31.6 Å². The molecule has 0 fully saturated rings. The van der Waals surface area contributed by atoms with Crippen LogP contribution in [0.25, 0.3) is 0 Å². The first-order valence-corrected chi connectivity index (χ1v) is 12.6. The molecule has 1 atom stereocenters. The Hall–Kier alpha value is 0.440. The summed E-state index contributed by atoms with van der Waals surface area (Å²) < 4.78 is 0.426. The zero-order chi connectivity index (χ0) is 18.8. The van der Waals surface area contributed by atoms with Gasteiger partial charge >= 0.3 is 0 Å². The molecule has 0 rings (SSSR count). The first-order chi connectivity index (χ1) is 12.1. The zero-order valence-corrected chi connectivity index (χ0v) is 20.5. The van der Waals surface area contributed by atoms with Crippen LogP contribution in [-0.4, -0.2) is 4.32 Å². The number of unbranched alkanes of at least 4 members (excludes halogenated alkanes) is 10. The van der Waals surface area contributed by atoms with Gasteiger partial charge in [0.15, 0.2) is 0 Å². The van der Waals surface area contributed by atoms with Crippen LogP contribution in [0.2, 0.25) is 0 Å². The second-order valence-electron chi connectivity index (χ2n) is 8.34. The molecule has 1 nitrogen and oxygen atoms in total. The van der Waals surface area contributed by atoms with E-state index in [4.69, 9.17) is 0 Å². The maximum Gasteiger partial charge on any atom is 0.0286 e. The van der Waals surface area contributed by atoms with E-state index < -0.39 is 0 Å². The summed E-state index contributed by atoms with van der Waals surface area (Å²) >= 11 is 4.30. The first kappa shape index (κ1) is 28.6. The van der Waals surface area contributed by atoms with Crippen LogP contribution in [0.15, 0.2) is 0 Å². The predicted molar refractivity (Wildman–Crippen MR) is 126 cm³/mol. The Kier molecular flexibility index (Phi) is 22.2. The number of halogens is 1. The van der Waals surface area contributed by atoms with E-state index >= 15 is 0 Å². The fraction of sp³-hybridized carbons (Fsp3) is 1.00. The van der Waals surface area contributed by atoms with Crippen molar-refractivity contribution in [2.75, 3.05) is 0 Å². The van der Waals surface area contributed by atoms with Gasteiger partial charge in [-0.25, -0.2) is 0 Å². The highest BCUT2D eigenvalue weighted by Crippen LogP contribution is 2.43. The molecule has 3 N–H and O–H groups in total. The summed E-state index contributed by atoms with van der Waals surface area (Å²) in [6.07, 6.45) is 25.4. The lowest BCUT2D eigenvalue weighted by atomic mass is 9.78. The van der Waals surface area contributed by atoms with Crippen molar-refractivity contribution >= 4 is 15.9 Å². The Morgan fingerprint density at radius 2 is 0.923 bits per heavy atom. The van der Waals surface area contributed by atoms with Gasteiger partial charge < -0.3 is 6.15 Å². The highest BCUT2D eigenvalue weighted by molar-refractivity contribution is 9.10. The van der Waals surface area contributed by atoms with Crippen LogP contribution in [0, 0.1) is 5.92 Å². The molecular weight excluding hydrogens is 382 g/mol. The van der Waals surface area contributed by atoms with Gasteiger partial charge in [0.1, 0.15) is 0 Å². The molecule has 0 bridgehead atoms. The van der Waals surface area contributed by atoms with E-state index in [0.29, 0.717) is 4.32 Å². The van der Waals surface area contributed by atoms with Gasteiger partial charge in [-0.3, -0.25) is 0 Å². The van der Waals surface area contributed by atoms with Gasteiger partial charge in [-0.15, -0.1) is 0 Å². The lowest BCUT2D eigenvalue weighted by Gasteiger charge is -2.37. The van der Waals surface area contributed by atoms with Crippen molar-refractivity contribution in [3.63, 3.8) is 0 Å². The summed E-state index contributed by atoms with van der Waals surface area (Å²) in [6, 6.07) is 0. The van der Waals surface area contributed by atoms with Crippen molar-refractivity contribution in [2.24, 2.45) is 5.92 Å². The van der Waals surface area contributed by atoms with Crippen LogP contribution in [0.1, 0.15) is 143 Å². The maximum absolute atomic E-state index is 4.30. The van der Waals surface area contributed by atoms with Crippen molar-refractivity contribution in [3.8, 4) is 0 Å². The third kappa shape index (κ3) is 14.5. The molecule has 0 amide bonds. The van der Waals surface area contributed by atoms with E-state index in [9.17, 15) is 0 Å². The Morgan fingerprint density at radius 3 is 1.38 bits per heavy atom. The molecule has 1 unspecified atom stereocenters. The number of hydrogen-bond acceptors (Lipinski definition) is 1. The second-order valence-corrected chi connectivity index (χ2v) is 9.92. The number of alkyl halides is 1. The Bertz CT molecular complexity index is 259. The summed E-state index contributed by atoms with van der Waals surface area (Å²) in [5.41, 5.74) is 0. The van der Waals surface area contributed by atoms with Crippen molar-refractivity contribution < 1.29 is 0 Å². The van der Waals surface area contributed by atoms with Crippen LogP contribution in [0.4, 0.5) is 0 Å². The summed E-state index contributed by atoms with van der Waals surface area (Å²) in [4.78, 5) is 0. The van der Waals surface area contributed by atoms with Crippen LogP contribution in [-0.2, 0) is 0 Å². The normalized spacial score (nSPS) is 12.8. The Morgan fingerprint density at radius 1 is 0.538 bits per heavy atom. The van der Waals surface area contributed by atoms with Crippen LogP contribution in [0.5, 0.6) is 0 Å². The molecule has 0 heterocycles. The van der Waals surface area contributed by atoms with Crippen LogP contribution < -0.4 is 6.15 Å². The smallest absolute Gasteiger partial charge is 0.0286 e. The molecule has 2 heteroatoms. The van der Waals surface area contributed by atoms with E-state index in [-0.39, 0.29) is 6.15 Å². The van der Waals surface area contributed by atoms with Gasteiger partial charge in [-0.2, -0.15) is 0 Å². The van der Waals surface area contributed by atoms with Gasteiger partial charge in [0, 0.05) is 4.32 Å². The Labute approximate surface area is 175 Å². The molecular formula is C24H52BrN. The van der Waals surface area contributed by atoms with Crippen molar-refractivity contribution in [2.45, 2.75) is 148 Å². The Balaban J connectivity index is 0. The summed E-state index contributed by atoms with van der Waals surface area (Å²) in [5, 5.41) is 0. The van der Waals surface area contributed by atoms with Gasteiger partial charge in [0.2, 0.25) is 0 Å². The van der Waals surface area contributed by atoms with Crippen LogP contribution >= 0.6 is 15.9 Å². The molecule has 0 saturated carbocycles. The third-order valence-electron chi connectivity index (χ3n) is 5.94. The summed E-state index contributed by atoms with van der Waals surface area (Å²) in [7, 11) is 0. The largest absolute Gasteiger partial charge is 0.344 e. The first-order valence-electron chi connectivity index (χ1n) is 11.8. The molecule has 160 valence electrons. The molecule has 0 saturated heterocycles. The zero-order valence-electron chi connectivity index (χ0n) is 18.9. The van der Waals surface area contributed by atoms with E-state index in [1.807, 2.05) is 0 Å². The lowest BCUT2D eigenvalue weighted by Crippen LogP contribution is -2.32. The summed E-state index contributed by atoms with van der Waals surface area (Å²) in [6.45, 7) is 9.33. The SMILES string of the molecule is CCCCCCCCCCC(CCCC)C(Br)(CCCC)CCCC.N. The molecule has 0 radical (unpaired) electrons. The van der Waals surface area contributed by atoms with E-state index in [1.165, 1.54) is 116 Å². The van der Waals surface area contributed by atoms with Crippen LogP contribution in [0.3, 0.4) is 0 Å². The molecule has 0 aromatic heterocycles. The maximum atomic E-state index is 4.30. The van der Waals surface area contributed by atoms with E-state index in [1.54, 1.807) is 0 Å². The predicted octanol–water partition coefficient (Wildman–Crippen LogP) is 10.00. The van der Waals surface area contributed by atoms with E-state index in [2.05, 4.69) is 43.6 Å². The lowest BCUT2D eigenvalue weighted by molar-refractivity contribution is 0.282. The minimum Gasteiger partial charge on any atom is -0.344 e. The minimum atomic E-state index is 0. The van der Waals surface area contributed by atoms with Crippen molar-refractivity contribution in [1.29, 1.82) is 0 Å². The van der Waals surface area contributed by atoms with Crippen molar-refractivity contribution in [3.05, 3.63) is 0 Å². The quantitative estimate of drug-likeness (QED) is 0.159. The summed E-state index contributed by atoms with van der Waals surface area (Å²) in [5.74, 6) is 0.894. The second kappa shape index (κ2) is 20.2. The average molecular weight is 435 g/mol. The van der Waals surface area contributed by atoms with Gasteiger partial charge in [0.05, 0.1) is 0 Å².